The number of aromatic nitrogens is 2. The number of methoxy groups -OCH3 is 1. The first-order valence-electron chi connectivity index (χ1n) is 8.11. The number of anilines is 1. The molecule has 27 heavy (non-hydrogen) atoms. The number of benzene rings is 2. The van der Waals surface area contributed by atoms with Gasteiger partial charge >= 0.3 is 0 Å². The van der Waals surface area contributed by atoms with E-state index in [1.54, 1.807) is 42.6 Å². The van der Waals surface area contributed by atoms with Gasteiger partial charge in [-0.05, 0) is 54.6 Å². The number of oxazole rings is 1. The molecule has 0 aliphatic heterocycles. The lowest BCUT2D eigenvalue weighted by molar-refractivity contribution is 0.102. The molecular weight excluding hydrogens is 366 g/mol. The lowest BCUT2D eigenvalue weighted by Gasteiger charge is -2.10. The van der Waals surface area contributed by atoms with Crippen LogP contribution in [0.4, 0.5) is 5.69 Å². The van der Waals surface area contributed by atoms with Gasteiger partial charge in [-0.2, -0.15) is 4.98 Å². The molecule has 0 saturated heterocycles. The molecule has 0 fully saturated rings. The first-order valence-corrected chi connectivity index (χ1v) is 8.49. The van der Waals surface area contributed by atoms with Gasteiger partial charge in [0, 0.05) is 22.5 Å². The molecule has 2 heterocycles. The maximum absolute atomic E-state index is 12.5. The van der Waals surface area contributed by atoms with E-state index >= 15 is 0 Å². The second-order valence-corrected chi connectivity index (χ2v) is 6.16. The monoisotopic (exact) mass is 379 g/mol. The van der Waals surface area contributed by atoms with E-state index in [4.69, 9.17) is 20.8 Å². The van der Waals surface area contributed by atoms with Gasteiger partial charge < -0.3 is 14.5 Å². The zero-order chi connectivity index (χ0) is 18.8. The van der Waals surface area contributed by atoms with E-state index in [2.05, 4.69) is 15.3 Å². The zero-order valence-corrected chi connectivity index (χ0v) is 15.0. The summed E-state index contributed by atoms with van der Waals surface area (Å²) in [6.07, 6.45) is 1.66. The van der Waals surface area contributed by atoms with Crippen LogP contribution in [0, 0.1) is 0 Å². The number of ether oxygens (including phenoxy) is 1. The quantitative estimate of drug-likeness (QED) is 0.551. The van der Waals surface area contributed by atoms with Crippen molar-refractivity contribution >= 4 is 34.4 Å². The van der Waals surface area contributed by atoms with Crippen LogP contribution in [0.5, 0.6) is 5.75 Å². The van der Waals surface area contributed by atoms with E-state index in [9.17, 15) is 4.79 Å². The zero-order valence-electron chi connectivity index (χ0n) is 14.3. The SMILES string of the molecule is COc1ccc(Cl)cc1C(=O)Nc1ccc(-c2nc3ncccc3o2)cc1. The van der Waals surface area contributed by atoms with Crippen LogP contribution in [0.15, 0.2) is 65.2 Å². The largest absolute Gasteiger partial charge is 0.496 e. The molecule has 7 heteroatoms. The van der Waals surface area contributed by atoms with Crippen LogP contribution in [-0.2, 0) is 0 Å². The lowest BCUT2D eigenvalue weighted by Crippen LogP contribution is -2.13. The number of hydrogen-bond acceptors (Lipinski definition) is 5. The Kier molecular flexibility index (Phi) is 4.48. The fourth-order valence-corrected chi connectivity index (χ4v) is 2.82. The van der Waals surface area contributed by atoms with E-state index < -0.39 is 0 Å². The first-order chi connectivity index (χ1) is 13.1. The summed E-state index contributed by atoms with van der Waals surface area (Å²) in [7, 11) is 1.50. The van der Waals surface area contributed by atoms with Crippen molar-refractivity contribution in [3.63, 3.8) is 0 Å². The maximum atomic E-state index is 12.5. The highest BCUT2D eigenvalue weighted by Gasteiger charge is 2.14. The number of amides is 1. The van der Waals surface area contributed by atoms with E-state index in [1.807, 2.05) is 18.2 Å². The summed E-state index contributed by atoms with van der Waals surface area (Å²) in [5.41, 5.74) is 2.95. The standard InChI is InChI=1S/C20H14ClN3O3/c1-26-16-9-6-13(21)11-15(16)19(25)23-14-7-4-12(5-8-14)20-24-18-17(27-20)3-2-10-22-18/h2-11H,1H3,(H,23,25). The number of carbonyl (C=O) groups is 1. The van der Waals surface area contributed by atoms with Gasteiger partial charge in [-0.15, -0.1) is 0 Å². The number of hydrogen-bond donors (Lipinski definition) is 1. The van der Waals surface area contributed by atoms with Crippen molar-refractivity contribution in [2.24, 2.45) is 0 Å². The van der Waals surface area contributed by atoms with Crippen molar-refractivity contribution in [3.8, 4) is 17.2 Å². The Balaban J connectivity index is 1.56. The molecule has 0 atom stereocenters. The third-order valence-electron chi connectivity index (χ3n) is 3.96. The molecule has 134 valence electrons. The molecule has 4 rings (SSSR count). The Morgan fingerprint density at radius 2 is 1.96 bits per heavy atom. The number of nitrogens with one attached hydrogen (secondary N) is 1. The molecule has 0 bridgehead atoms. The van der Waals surface area contributed by atoms with Gasteiger partial charge in [-0.3, -0.25) is 4.79 Å². The van der Waals surface area contributed by atoms with Crippen LogP contribution < -0.4 is 10.1 Å². The number of nitrogens with zero attached hydrogens (tertiary/aromatic N) is 2. The van der Waals surface area contributed by atoms with Crippen LogP contribution in [0.3, 0.4) is 0 Å². The number of pyridine rings is 1. The molecule has 1 amide bonds. The van der Waals surface area contributed by atoms with Crippen molar-refractivity contribution in [2.45, 2.75) is 0 Å². The first kappa shape index (κ1) is 17.1. The summed E-state index contributed by atoms with van der Waals surface area (Å²) in [6.45, 7) is 0. The molecule has 2 aromatic heterocycles. The summed E-state index contributed by atoms with van der Waals surface area (Å²) in [5.74, 6) is 0.610. The van der Waals surface area contributed by atoms with Gasteiger partial charge in [-0.25, -0.2) is 4.98 Å². The summed E-state index contributed by atoms with van der Waals surface area (Å²) in [4.78, 5) is 21.0. The van der Waals surface area contributed by atoms with Gasteiger partial charge in [0.25, 0.3) is 5.91 Å². The van der Waals surface area contributed by atoms with Crippen LogP contribution >= 0.6 is 11.6 Å². The number of rotatable bonds is 4. The third kappa shape index (κ3) is 3.47. The van der Waals surface area contributed by atoms with E-state index in [0.29, 0.717) is 39.1 Å². The predicted molar refractivity (Wildman–Crippen MR) is 103 cm³/mol. The van der Waals surface area contributed by atoms with Crippen LogP contribution in [-0.4, -0.2) is 23.0 Å². The molecule has 4 aromatic rings. The highest BCUT2D eigenvalue weighted by molar-refractivity contribution is 6.31. The molecule has 0 radical (unpaired) electrons. The Morgan fingerprint density at radius 3 is 2.70 bits per heavy atom. The summed E-state index contributed by atoms with van der Waals surface area (Å²) in [5, 5.41) is 3.28. The Hall–Kier alpha value is -3.38. The minimum absolute atomic E-state index is 0.312. The van der Waals surface area contributed by atoms with Crippen molar-refractivity contribution in [2.75, 3.05) is 12.4 Å². The Morgan fingerprint density at radius 1 is 1.15 bits per heavy atom. The van der Waals surface area contributed by atoms with E-state index in [-0.39, 0.29) is 5.91 Å². The summed E-state index contributed by atoms with van der Waals surface area (Å²) in [6, 6.07) is 15.7. The van der Waals surface area contributed by atoms with Crippen molar-refractivity contribution in [1.29, 1.82) is 0 Å². The molecule has 0 aliphatic rings. The Labute approximate surface area is 159 Å². The predicted octanol–water partition coefficient (Wildman–Crippen LogP) is 4.80. The molecule has 0 unspecified atom stereocenters. The van der Waals surface area contributed by atoms with Gasteiger partial charge in [0.15, 0.2) is 11.2 Å². The third-order valence-corrected chi connectivity index (χ3v) is 4.20. The van der Waals surface area contributed by atoms with Crippen LogP contribution in [0.2, 0.25) is 5.02 Å². The smallest absolute Gasteiger partial charge is 0.259 e. The van der Waals surface area contributed by atoms with Gasteiger partial charge in [0.05, 0.1) is 12.7 Å². The molecule has 2 aromatic carbocycles. The van der Waals surface area contributed by atoms with Gasteiger partial charge in [-0.1, -0.05) is 11.6 Å². The minimum atomic E-state index is -0.312. The van der Waals surface area contributed by atoms with E-state index in [0.717, 1.165) is 5.56 Å². The highest BCUT2D eigenvalue weighted by atomic mass is 35.5. The van der Waals surface area contributed by atoms with Crippen molar-refractivity contribution in [1.82, 2.24) is 9.97 Å². The lowest BCUT2D eigenvalue weighted by atomic mass is 10.1. The van der Waals surface area contributed by atoms with E-state index in [1.165, 1.54) is 7.11 Å². The molecular formula is C20H14ClN3O3. The normalized spacial score (nSPS) is 10.7. The van der Waals surface area contributed by atoms with Crippen molar-refractivity contribution in [3.05, 3.63) is 71.4 Å². The number of fused-ring (bicyclic) bond motifs is 1. The topological polar surface area (TPSA) is 77.2 Å². The molecule has 0 saturated carbocycles. The van der Waals surface area contributed by atoms with Gasteiger partial charge in [0.2, 0.25) is 5.89 Å². The van der Waals surface area contributed by atoms with Gasteiger partial charge in [0.1, 0.15) is 5.75 Å². The summed E-state index contributed by atoms with van der Waals surface area (Å²) < 4.78 is 10.9. The maximum Gasteiger partial charge on any atom is 0.259 e. The fraction of sp³-hybridized carbons (Fsp3) is 0.0500. The highest BCUT2D eigenvalue weighted by Crippen LogP contribution is 2.26. The molecule has 0 spiro atoms. The van der Waals surface area contributed by atoms with Crippen molar-refractivity contribution < 1.29 is 13.9 Å². The molecule has 6 nitrogen and oxygen atoms in total. The average molecular weight is 380 g/mol. The van der Waals surface area contributed by atoms with Crippen LogP contribution in [0.1, 0.15) is 10.4 Å². The second kappa shape index (κ2) is 7.09. The second-order valence-electron chi connectivity index (χ2n) is 5.72. The average Bonchev–Trinajstić information content (AvgIpc) is 3.12. The minimum Gasteiger partial charge on any atom is -0.496 e. The molecule has 1 N–H and O–H groups in total. The number of carbonyl (C=O) groups excluding carboxylic acids is 1. The molecule has 0 aliphatic carbocycles. The summed E-state index contributed by atoms with van der Waals surface area (Å²) >= 11 is 5.98. The number of halogens is 1. The Bertz CT molecular complexity index is 1090. The van der Waals surface area contributed by atoms with Crippen LogP contribution in [0.25, 0.3) is 22.7 Å². The fourth-order valence-electron chi connectivity index (χ4n) is 2.64.